The van der Waals surface area contributed by atoms with Crippen LogP contribution in [-0.2, 0) is 9.53 Å². The van der Waals surface area contributed by atoms with Gasteiger partial charge in [-0.2, -0.15) is 5.10 Å². The molecule has 2 aromatic rings. The van der Waals surface area contributed by atoms with Crippen LogP contribution in [0.25, 0.3) is 5.69 Å². The molecule has 0 aliphatic rings. The molecule has 0 unspecified atom stereocenters. The Bertz CT molecular complexity index is 606. The normalized spacial score (nSPS) is 10.2. The molecule has 6 heteroatoms. The number of esters is 1. The van der Waals surface area contributed by atoms with E-state index in [-0.39, 0.29) is 12.5 Å². The van der Waals surface area contributed by atoms with Gasteiger partial charge >= 0.3 is 5.97 Å². The van der Waals surface area contributed by atoms with E-state index in [0.29, 0.717) is 12.1 Å². The Morgan fingerprint density at radius 3 is 2.68 bits per heavy atom. The molecule has 1 heterocycles. The third kappa shape index (κ3) is 4.44. The summed E-state index contributed by atoms with van der Waals surface area (Å²) < 4.78 is 6.67. The summed E-state index contributed by atoms with van der Waals surface area (Å²) in [4.78, 5) is 23.3. The van der Waals surface area contributed by atoms with Crippen LogP contribution in [0.3, 0.4) is 0 Å². The molecule has 2 rings (SSSR count). The number of carbonyl (C=O) groups excluding carboxylic acids is 2. The van der Waals surface area contributed by atoms with Gasteiger partial charge in [-0.25, -0.2) is 9.48 Å². The molecule has 22 heavy (non-hydrogen) atoms. The molecule has 0 aliphatic heterocycles. The number of nitrogens with one attached hydrogen (secondary N) is 1. The number of hydrogen-bond donors (Lipinski definition) is 1. The SMILES string of the molecule is CCCCNC(=O)COC(=O)c1ccc(-n2cccn2)cc1. The van der Waals surface area contributed by atoms with Crippen molar-refractivity contribution in [2.75, 3.05) is 13.2 Å². The summed E-state index contributed by atoms with van der Waals surface area (Å²) in [7, 11) is 0. The molecule has 1 N–H and O–H groups in total. The topological polar surface area (TPSA) is 73.2 Å². The van der Waals surface area contributed by atoms with Gasteiger partial charge in [-0.05, 0) is 36.8 Å². The summed E-state index contributed by atoms with van der Waals surface area (Å²) in [6.45, 7) is 2.38. The molecule has 6 nitrogen and oxygen atoms in total. The second-order valence-electron chi connectivity index (χ2n) is 4.78. The van der Waals surface area contributed by atoms with Crippen LogP contribution in [0.15, 0.2) is 42.7 Å². The van der Waals surface area contributed by atoms with Crippen LogP contribution >= 0.6 is 0 Å². The molecular formula is C16H19N3O3. The number of rotatable bonds is 7. The third-order valence-corrected chi connectivity index (χ3v) is 3.06. The van der Waals surface area contributed by atoms with Gasteiger partial charge in [0.15, 0.2) is 6.61 Å². The Labute approximate surface area is 129 Å². The highest BCUT2D eigenvalue weighted by Gasteiger charge is 2.10. The monoisotopic (exact) mass is 301 g/mol. The van der Waals surface area contributed by atoms with E-state index in [1.165, 1.54) is 0 Å². The van der Waals surface area contributed by atoms with Gasteiger partial charge in [-0.15, -0.1) is 0 Å². The van der Waals surface area contributed by atoms with Crippen LogP contribution in [0.5, 0.6) is 0 Å². The van der Waals surface area contributed by atoms with E-state index in [9.17, 15) is 9.59 Å². The van der Waals surface area contributed by atoms with Gasteiger partial charge < -0.3 is 10.1 Å². The van der Waals surface area contributed by atoms with Gasteiger partial charge in [-0.3, -0.25) is 4.79 Å². The summed E-state index contributed by atoms with van der Waals surface area (Å²) in [6.07, 6.45) is 5.41. The maximum atomic E-state index is 11.9. The van der Waals surface area contributed by atoms with Gasteiger partial charge in [-0.1, -0.05) is 13.3 Å². The van der Waals surface area contributed by atoms with Crippen molar-refractivity contribution in [3.63, 3.8) is 0 Å². The maximum absolute atomic E-state index is 11.9. The third-order valence-electron chi connectivity index (χ3n) is 3.06. The van der Waals surface area contributed by atoms with E-state index in [0.717, 1.165) is 18.5 Å². The van der Waals surface area contributed by atoms with E-state index in [2.05, 4.69) is 10.4 Å². The Morgan fingerprint density at radius 2 is 2.05 bits per heavy atom. The Hall–Kier alpha value is -2.63. The molecule has 0 fully saturated rings. The molecule has 0 atom stereocenters. The number of ether oxygens (including phenoxy) is 1. The first-order valence-corrected chi connectivity index (χ1v) is 7.24. The number of benzene rings is 1. The van der Waals surface area contributed by atoms with E-state index in [1.807, 2.05) is 19.2 Å². The number of aromatic nitrogens is 2. The zero-order chi connectivity index (χ0) is 15.8. The fourth-order valence-corrected chi connectivity index (χ4v) is 1.84. The lowest BCUT2D eigenvalue weighted by molar-refractivity contribution is -0.124. The molecule has 1 amide bonds. The van der Waals surface area contributed by atoms with Crippen LogP contribution in [0.4, 0.5) is 0 Å². The fourth-order valence-electron chi connectivity index (χ4n) is 1.84. The van der Waals surface area contributed by atoms with Crippen molar-refractivity contribution in [1.29, 1.82) is 0 Å². The molecule has 0 bridgehead atoms. The standard InChI is InChI=1S/C16H19N3O3/c1-2-3-9-17-15(20)12-22-16(21)13-5-7-14(8-6-13)19-11-4-10-18-19/h4-8,10-11H,2-3,9,12H2,1H3,(H,17,20). The minimum atomic E-state index is -0.516. The van der Waals surface area contributed by atoms with Gasteiger partial charge in [0.05, 0.1) is 11.3 Å². The molecule has 0 aliphatic carbocycles. The van der Waals surface area contributed by atoms with Crippen molar-refractivity contribution in [1.82, 2.24) is 15.1 Å². The van der Waals surface area contributed by atoms with E-state index in [1.54, 1.807) is 35.1 Å². The second kappa shape index (κ2) is 7.97. The maximum Gasteiger partial charge on any atom is 0.338 e. The Morgan fingerprint density at radius 1 is 1.27 bits per heavy atom. The number of carbonyl (C=O) groups is 2. The van der Waals surface area contributed by atoms with E-state index in [4.69, 9.17) is 4.74 Å². The first-order valence-electron chi connectivity index (χ1n) is 7.24. The first kappa shape index (κ1) is 15.8. The summed E-state index contributed by atoms with van der Waals surface area (Å²) >= 11 is 0. The zero-order valence-corrected chi connectivity index (χ0v) is 12.5. The number of unbranched alkanes of at least 4 members (excludes halogenated alkanes) is 1. The average Bonchev–Trinajstić information content (AvgIpc) is 3.07. The van der Waals surface area contributed by atoms with Crippen LogP contribution in [0, 0.1) is 0 Å². The fraction of sp³-hybridized carbons (Fsp3) is 0.312. The highest BCUT2D eigenvalue weighted by molar-refractivity contribution is 5.91. The lowest BCUT2D eigenvalue weighted by atomic mass is 10.2. The number of nitrogens with zero attached hydrogens (tertiary/aromatic N) is 2. The minimum Gasteiger partial charge on any atom is -0.452 e. The van der Waals surface area contributed by atoms with Crippen molar-refractivity contribution < 1.29 is 14.3 Å². The summed E-state index contributed by atoms with van der Waals surface area (Å²) in [5, 5.41) is 6.79. The number of hydrogen-bond acceptors (Lipinski definition) is 4. The molecule has 0 saturated carbocycles. The summed E-state index contributed by atoms with van der Waals surface area (Å²) in [5.74, 6) is -0.799. The molecular weight excluding hydrogens is 282 g/mol. The van der Waals surface area contributed by atoms with Gasteiger partial charge in [0, 0.05) is 18.9 Å². The van der Waals surface area contributed by atoms with Gasteiger partial charge in [0.2, 0.25) is 0 Å². The van der Waals surface area contributed by atoms with Crippen LogP contribution < -0.4 is 5.32 Å². The van der Waals surface area contributed by atoms with Gasteiger partial charge in [0.1, 0.15) is 0 Å². The van der Waals surface area contributed by atoms with E-state index < -0.39 is 5.97 Å². The number of amides is 1. The van der Waals surface area contributed by atoms with Crippen LogP contribution in [0.1, 0.15) is 30.1 Å². The van der Waals surface area contributed by atoms with Crippen molar-refractivity contribution in [2.45, 2.75) is 19.8 Å². The van der Waals surface area contributed by atoms with Crippen molar-refractivity contribution in [3.05, 3.63) is 48.3 Å². The van der Waals surface area contributed by atoms with Gasteiger partial charge in [0.25, 0.3) is 5.91 Å². The Kier molecular flexibility index (Phi) is 5.71. The highest BCUT2D eigenvalue weighted by atomic mass is 16.5. The summed E-state index contributed by atoms with van der Waals surface area (Å²) in [6, 6.07) is 8.65. The van der Waals surface area contributed by atoms with E-state index >= 15 is 0 Å². The molecule has 1 aromatic carbocycles. The quantitative estimate of drug-likeness (QED) is 0.626. The van der Waals surface area contributed by atoms with Crippen molar-refractivity contribution in [2.24, 2.45) is 0 Å². The predicted octanol–water partition coefficient (Wildman–Crippen LogP) is 1.95. The molecule has 0 saturated heterocycles. The summed E-state index contributed by atoms with van der Waals surface area (Å²) in [5.41, 5.74) is 1.25. The predicted molar refractivity (Wildman–Crippen MR) is 81.8 cm³/mol. The second-order valence-corrected chi connectivity index (χ2v) is 4.78. The minimum absolute atomic E-state index is 0.260. The molecule has 0 radical (unpaired) electrons. The van der Waals surface area contributed by atoms with Crippen LogP contribution in [0.2, 0.25) is 0 Å². The van der Waals surface area contributed by atoms with Crippen molar-refractivity contribution >= 4 is 11.9 Å². The van der Waals surface area contributed by atoms with Crippen molar-refractivity contribution in [3.8, 4) is 5.69 Å². The lowest BCUT2D eigenvalue weighted by Gasteiger charge is -2.07. The van der Waals surface area contributed by atoms with Crippen LogP contribution in [-0.4, -0.2) is 34.8 Å². The lowest BCUT2D eigenvalue weighted by Crippen LogP contribution is -2.29. The average molecular weight is 301 g/mol. The largest absolute Gasteiger partial charge is 0.452 e. The molecule has 0 spiro atoms. The molecule has 116 valence electrons. The Balaban J connectivity index is 1.84. The zero-order valence-electron chi connectivity index (χ0n) is 12.5. The smallest absolute Gasteiger partial charge is 0.338 e. The first-order chi connectivity index (χ1) is 10.7. The molecule has 1 aromatic heterocycles. The highest BCUT2D eigenvalue weighted by Crippen LogP contribution is 2.09.